The zero-order valence-corrected chi connectivity index (χ0v) is 54.3. The van der Waals surface area contributed by atoms with Crippen molar-refractivity contribution in [2.45, 2.75) is 327 Å². The van der Waals surface area contributed by atoms with Crippen LogP contribution in [0.25, 0.3) is 0 Å². The molecule has 0 bridgehead atoms. The van der Waals surface area contributed by atoms with Crippen LogP contribution in [0.4, 0.5) is 0 Å². The molecule has 0 radical (unpaired) electrons. The molecular weight excluding hydrogens is 951 g/mol. The van der Waals surface area contributed by atoms with Gasteiger partial charge in [-0.1, -0.05) is 216 Å². The summed E-state index contributed by atoms with van der Waals surface area (Å²) in [6, 6.07) is 22.1. The van der Waals surface area contributed by atoms with E-state index in [9.17, 15) is 0 Å². The second-order valence-corrected chi connectivity index (χ2v) is 28.8. The predicted molar refractivity (Wildman–Crippen MR) is 351 cm³/mol. The molecule has 0 spiro atoms. The quantitative estimate of drug-likeness (QED) is 0.0388. The highest BCUT2D eigenvalue weighted by Crippen LogP contribution is 2.59. The van der Waals surface area contributed by atoms with Crippen molar-refractivity contribution in [3.8, 4) is 0 Å². The van der Waals surface area contributed by atoms with Crippen LogP contribution in [0.1, 0.15) is 311 Å². The first-order chi connectivity index (χ1) is 37.2. The largest absolute Gasteiger partial charge is 0.0654 e. The van der Waals surface area contributed by atoms with Crippen molar-refractivity contribution >= 4 is 37.1 Å². The lowest BCUT2D eigenvalue weighted by Crippen LogP contribution is -2.33. The summed E-state index contributed by atoms with van der Waals surface area (Å²) in [4.78, 5) is 0. The van der Waals surface area contributed by atoms with Crippen LogP contribution in [-0.4, -0.2) is 5.40 Å². The van der Waals surface area contributed by atoms with E-state index in [4.69, 9.17) is 0 Å². The first-order valence-corrected chi connectivity index (χ1v) is 36.2. The molecule has 0 aliphatic rings. The van der Waals surface area contributed by atoms with Crippen LogP contribution in [0, 0.1) is 0 Å². The summed E-state index contributed by atoms with van der Waals surface area (Å²) in [5.41, 5.74) is 20.9. The van der Waals surface area contributed by atoms with Crippen molar-refractivity contribution in [2.75, 3.05) is 0 Å². The number of rotatable bonds is 42. The van der Waals surface area contributed by atoms with Crippen LogP contribution in [0.2, 0.25) is 0 Å². The second-order valence-electron chi connectivity index (χ2n) is 23.4. The van der Waals surface area contributed by atoms with Gasteiger partial charge in [-0.15, -0.1) is 0 Å². The number of hydrogen-bond donors (Lipinski definition) is 0. The van der Waals surface area contributed by atoms with Gasteiger partial charge in [-0.25, -0.2) is 0 Å². The first-order valence-electron chi connectivity index (χ1n) is 33.4. The molecule has 0 nitrogen and oxygen atoms in total. The van der Waals surface area contributed by atoms with Crippen molar-refractivity contribution in [1.29, 1.82) is 0 Å². The average molecular weight is 1070 g/mol. The summed E-state index contributed by atoms with van der Waals surface area (Å²) in [5.74, 6) is 0. The van der Waals surface area contributed by atoms with Crippen LogP contribution in [-0.2, 0) is 77.0 Å². The lowest BCUT2D eigenvalue weighted by Gasteiger charge is -2.39. The van der Waals surface area contributed by atoms with E-state index in [0.29, 0.717) is 5.40 Å². The van der Waals surface area contributed by atoms with Crippen molar-refractivity contribution < 1.29 is 0 Å². The maximum Gasteiger partial charge on any atom is 0.0127 e. The fraction of sp³-hybridized carbons (Fsp3) is 0.676. The predicted octanol–water partition coefficient (Wildman–Crippen LogP) is 21.7. The Hall–Kier alpha value is -2.26. The molecule has 0 unspecified atom stereocenters. The molecule has 76 heavy (non-hydrogen) atoms. The van der Waals surface area contributed by atoms with Crippen LogP contribution in [0.3, 0.4) is 0 Å². The van der Waals surface area contributed by atoms with Gasteiger partial charge in [0.05, 0.1) is 0 Å². The molecule has 0 atom stereocenters. The lowest BCUT2D eigenvalue weighted by atomic mass is 9.90. The highest BCUT2D eigenvalue weighted by Gasteiger charge is 2.37. The molecule has 0 N–H and O–H groups in total. The van der Waals surface area contributed by atoms with E-state index in [1.54, 1.807) is 88.0 Å². The van der Waals surface area contributed by atoms with Gasteiger partial charge in [0.15, 0.2) is 0 Å². The number of unbranched alkanes of at least 4 members (excludes halogenated alkanes) is 12. The van der Waals surface area contributed by atoms with Crippen molar-refractivity contribution in [3.05, 3.63) is 115 Å². The van der Waals surface area contributed by atoms with Gasteiger partial charge in [0.2, 0.25) is 0 Å². The van der Waals surface area contributed by atoms with E-state index in [1.165, 1.54) is 231 Å². The first kappa shape index (κ1) is 66.3. The second kappa shape index (κ2) is 38.4. The molecule has 4 rings (SSSR count). The number of hydrogen-bond acceptors (Lipinski definition) is 0. The van der Waals surface area contributed by atoms with Gasteiger partial charge in [-0.2, -0.15) is 0 Å². The van der Waals surface area contributed by atoms with E-state index >= 15 is 0 Å². The summed E-state index contributed by atoms with van der Waals surface area (Å²) in [6.07, 6.45) is 45.2. The molecule has 0 aromatic heterocycles. The maximum atomic E-state index is 2.87. The minimum absolute atomic E-state index is 0.466. The van der Waals surface area contributed by atoms with Crippen LogP contribution >= 0.6 is 15.8 Å². The third kappa shape index (κ3) is 18.9. The summed E-state index contributed by atoms with van der Waals surface area (Å²) in [6.45, 7) is 32.0. The zero-order chi connectivity index (χ0) is 55.1. The van der Waals surface area contributed by atoms with E-state index in [-0.39, 0.29) is 0 Å². The monoisotopic (exact) mass is 1070 g/mol. The molecule has 426 valence electrons. The van der Waals surface area contributed by atoms with Crippen LogP contribution < -0.4 is 21.2 Å². The average Bonchev–Trinajstić information content (AvgIpc) is 3.47. The Balaban J connectivity index is 2.42. The van der Waals surface area contributed by atoms with Gasteiger partial charge in [0.1, 0.15) is 0 Å². The lowest BCUT2D eigenvalue weighted by molar-refractivity contribution is 0.736. The molecule has 0 aliphatic carbocycles. The van der Waals surface area contributed by atoms with Crippen molar-refractivity contribution in [1.82, 2.24) is 0 Å². The molecule has 4 aromatic rings. The van der Waals surface area contributed by atoms with Gasteiger partial charge < -0.3 is 0 Å². The SMILES string of the molecule is CCCCc1ccc(P(c2ccc(CCCC)c(CCCC)c2CCCC)C(C)P(c2ccc(CCCC)c(CCCC)c2CCCC)c2ccc(CCCC)c(CCCC)c2CCCC)c(CCCC)c1CCCC. The Morgan fingerprint density at radius 1 is 0.224 bits per heavy atom. The standard InChI is InChI=1S/C74H120P2/c1-14-26-38-59-50-54-71(67(46-34-22-9)63(59)42-30-18-5)75(72-55-51-60(39-27-15-2)64(43-31-19-6)68(72)47-35-23-10)58(13)76(73-56-52-61(40-28-16-3)65(44-32-20-7)69(73)48-36-24-11)74-57-53-62(41-29-17-4)66(45-33-21-8)70(74)49-37-25-12/h50-58H,14-49H2,1-13H3. The zero-order valence-electron chi connectivity index (χ0n) is 52.5. The van der Waals surface area contributed by atoms with Gasteiger partial charge in [-0.3, -0.25) is 0 Å². The van der Waals surface area contributed by atoms with E-state index in [2.05, 4.69) is 139 Å². The molecule has 0 heterocycles. The smallest absolute Gasteiger partial charge is 0.0127 e. The van der Waals surface area contributed by atoms with Crippen LogP contribution in [0.15, 0.2) is 48.5 Å². The summed E-state index contributed by atoms with van der Waals surface area (Å²) >= 11 is 0. The highest BCUT2D eigenvalue weighted by molar-refractivity contribution is 7.89. The minimum Gasteiger partial charge on any atom is -0.0654 e. The van der Waals surface area contributed by atoms with Crippen molar-refractivity contribution in [3.63, 3.8) is 0 Å². The Labute approximate surface area is 476 Å². The highest BCUT2D eigenvalue weighted by atomic mass is 31.2. The van der Waals surface area contributed by atoms with Gasteiger partial charge >= 0.3 is 0 Å². The van der Waals surface area contributed by atoms with Gasteiger partial charge in [0, 0.05) is 5.40 Å². The fourth-order valence-electron chi connectivity index (χ4n) is 12.6. The van der Waals surface area contributed by atoms with Gasteiger partial charge in [-0.05, 0) is 258 Å². The summed E-state index contributed by atoms with van der Waals surface area (Å²) < 4.78 is 0. The Morgan fingerprint density at radius 3 is 0.553 bits per heavy atom. The van der Waals surface area contributed by atoms with E-state index < -0.39 is 15.8 Å². The summed E-state index contributed by atoms with van der Waals surface area (Å²) in [5, 5.41) is 7.57. The minimum atomic E-state index is -0.783. The molecule has 0 saturated heterocycles. The number of benzene rings is 4. The molecule has 2 heteroatoms. The Kier molecular flexibility index (Phi) is 33.5. The molecular formula is C74H120P2. The third-order valence-corrected chi connectivity index (χ3v) is 23.9. The Bertz CT molecular complexity index is 1900. The normalized spacial score (nSPS) is 11.9. The van der Waals surface area contributed by atoms with Crippen LogP contribution in [0.5, 0.6) is 0 Å². The molecule has 0 aliphatic heterocycles. The maximum absolute atomic E-state index is 2.87. The molecule has 4 aromatic carbocycles. The number of aryl methyl sites for hydroxylation is 4. The van der Waals surface area contributed by atoms with Crippen molar-refractivity contribution in [2.24, 2.45) is 0 Å². The van der Waals surface area contributed by atoms with E-state index in [1.807, 2.05) is 0 Å². The molecule has 0 saturated carbocycles. The molecule has 0 amide bonds. The third-order valence-electron chi connectivity index (χ3n) is 17.2. The fourth-order valence-corrected chi connectivity index (χ4v) is 20.2. The van der Waals surface area contributed by atoms with E-state index in [0.717, 1.165) is 0 Å². The Morgan fingerprint density at radius 2 is 0.382 bits per heavy atom. The van der Waals surface area contributed by atoms with Gasteiger partial charge in [0.25, 0.3) is 0 Å². The summed E-state index contributed by atoms with van der Waals surface area (Å²) in [7, 11) is -1.57. The topological polar surface area (TPSA) is 0 Å². The molecule has 0 fully saturated rings.